The summed E-state index contributed by atoms with van der Waals surface area (Å²) in [5.41, 5.74) is 6.63. The minimum absolute atomic E-state index is 0.0668. The molecule has 4 heterocycles. The van der Waals surface area contributed by atoms with E-state index in [1.54, 1.807) is 6.20 Å². The largest absolute Gasteiger partial charge is 0.310 e. The number of anilines is 1. The van der Waals surface area contributed by atoms with Crippen LogP contribution in [0.4, 0.5) is 5.82 Å². The molecule has 174 valence electrons. The van der Waals surface area contributed by atoms with Crippen molar-refractivity contribution < 1.29 is 4.79 Å². The third-order valence-corrected chi connectivity index (χ3v) is 8.22. The second kappa shape index (κ2) is 7.99. The summed E-state index contributed by atoms with van der Waals surface area (Å²) in [6, 6.07) is 22.1. The maximum atomic E-state index is 13.1. The molecule has 5 nitrogen and oxygen atoms in total. The Morgan fingerprint density at radius 1 is 0.971 bits per heavy atom. The number of carbonyl (C=O) groups excluding carboxylic acids is 1. The normalized spacial score (nSPS) is 23.4. The second-order valence-corrected chi connectivity index (χ2v) is 10.3. The lowest BCUT2D eigenvalue weighted by Crippen LogP contribution is -2.35. The number of benzene rings is 2. The van der Waals surface area contributed by atoms with E-state index in [1.807, 2.05) is 18.3 Å². The van der Waals surface area contributed by atoms with Crippen LogP contribution in [0.25, 0.3) is 10.9 Å². The molecule has 0 bridgehead atoms. The standard InChI is InChI=1S/C30H28N4O/c35-29-30(25-9-6-11-31-28(25)33-29)16-23-14-22-13-20(18-32-26(22)15-24(23)17-30)19-34-12-5-4-10-27(34)21-7-2-1-3-8-21/h1-3,6-9,11,13-15,18,27H,4-5,10,12,16-17,19H2,(H,31,33,35). The Bertz CT molecular complexity index is 1450. The number of nitrogens with one attached hydrogen (secondary N) is 1. The van der Waals surface area contributed by atoms with Crippen LogP contribution in [-0.2, 0) is 29.6 Å². The van der Waals surface area contributed by atoms with E-state index in [0.29, 0.717) is 18.3 Å². The van der Waals surface area contributed by atoms with Gasteiger partial charge in [0, 0.05) is 35.9 Å². The van der Waals surface area contributed by atoms with Crippen LogP contribution >= 0.6 is 0 Å². The van der Waals surface area contributed by atoms with E-state index in [0.717, 1.165) is 36.0 Å². The number of nitrogens with zero attached hydrogens (tertiary/aromatic N) is 3. The number of fused-ring (bicyclic) bond motifs is 4. The highest BCUT2D eigenvalue weighted by atomic mass is 16.2. The number of piperidine rings is 1. The lowest BCUT2D eigenvalue weighted by atomic mass is 9.79. The fourth-order valence-corrected chi connectivity index (χ4v) is 6.50. The average molecular weight is 461 g/mol. The van der Waals surface area contributed by atoms with E-state index in [1.165, 1.54) is 41.5 Å². The minimum Gasteiger partial charge on any atom is -0.310 e. The molecule has 4 aromatic rings. The van der Waals surface area contributed by atoms with Gasteiger partial charge in [0.2, 0.25) is 5.91 Å². The highest BCUT2D eigenvalue weighted by molar-refractivity contribution is 6.06. The van der Waals surface area contributed by atoms with Gasteiger partial charge in [-0.1, -0.05) is 42.8 Å². The van der Waals surface area contributed by atoms with E-state index >= 15 is 0 Å². The number of carbonyl (C=O) groups is 1. The average Bonchev–Trinajstić information content (AvgIpc) is 3.40. The van der Waals surface area contributed by atoms with Crippen LogP contribution in [0.15, 0.2) is 73.1 Å². The molecule has 5 heteroatoms. The van der Waals surface area contributed by atoms with Crippen molar-refractivity contribution in [1.82, 2.24) is 14.9 Å². The predicted octanol–water partition coefficient (Wildman–Crippen LogP) is 5.35. The van der Waals surface area contributed by atoms with Gasteiger partial charge < -0.3 is 5.32 Å². The van der Waals surface area contributed by atoms with Gasteiger partial charge in [-0.3, -0.25) is 14.7 Å². The van der Waals surface area contributed by atoms with E-state index in [4.69, 9.17) is 4.98 Å². The summed E-state index contributed by atoms with van der Waals surface area (Å²) in [6.07, 6.45) is 8.94. The van der Waals surface area contributed by atoms with Gasteiger partial charge in [-0.2, -0.15) is 0 Å². The molecule has 2 aromatic heterocycles. The molecule has 0 saturated carbocycles. The zero-order chi connectivity index (χ0) is 23.4. The fraction of sp³-hybridized carbons (Fsp3) is 0.300. The minimum atomic E-state index is -0.539. The first kappa shape index (κ1) is 20.8. The van der Waals surface area contributed by atoms with Gasteiger partial charge in [0.25, 0.3) is 0 Å². The molecule has 1 amide bonds. The number of hydrogen-bond acceptors (Lipinski definition) is 4. The van der Waals surface area contributed by atoms with Gasteiger partial charge in [-0.05, 0) is 78.7 Å². The van der Waals surface area contributed by atoms with Crippen LogP contribution in [0.5, 0.6) is 0 Å². The SMILES string of the molecule is O=C1Nc2ncccc2C12Cc1cc3cc(CN4CCCCC4c4ccccc4)cnc3cc1C2. The molecular formula is C30H28N4O. The molecule has 2 atom stereocenters. The lowest BCUT2D eigenvalue weighted by Gasteiger charge is -2.36. The molecule has 0 radical (unpaired) electrons. The molecule has 3 aliphatic rings. The van der Waals surface area contributed by atoms with Crippen molar-refractivity contribution in [2.75, 3.05) is 11.9 Å². The molecule has 2 aliphatic heterocycles. The van der Waals surface area contributed by atoms with Crippen LogP contribution in [0.2, 0.25) is 0 Å². The van der Waals surface area contributed by atoms with E-state index < -0.39 is 5.41 Å². The van der Waals surface area contributed by atoms with Crippen LogP contribution in [0, 0.1) is 0 Å². The number of amides is 1. The van der Waals surface area contributed by atoms with Crippen molar-refractivity contribution in [2.45, 2.75) is 50.1 Å². The van der Waals surface area contributed by atoms with E-state index in [-0.39, 0.29) is 5.91 Å². The zero-order valence-corrected chi connectivity index (χ0v) is 19.7. The quantitative estimate of drug-likeness (QED) is 0.448. The maximum Gasteiger partial charge on any atom is 0.237 e. The molecule has 1 fully saturated rings. The summed E-state index contributed by atoms with van der Waals surface area (Å²) in [4.78, 5) is 24.9. The Labute approximate surface area is 205 Å². The Kier molecular flexibility index (Phi) is 4.74. The molecule has 1 N–H and O–H groups in total. The van der Waals surface area contributed by atoms with Crippen LogP contribution in [-0.4, -0.2) is 27.3 Å². The summed E-state index contributed by atoms with van der Waals surface area (Å²) in [6.45, 7) is 2.03. The molecule has 1 spiro atoms. The monoisotopic (exact) mass is 460 g/mol. The first-order valence-electron chi connectivity index (χ1n) is 12.7. The fourth-order valence-electron chi connectivity index (χ4n) is 6.50. The molecule has 1 aliphatic carbocycles. The Balaban J connectivity index is 1.19. The molecule has 35 heavy (non-hydrogen) atoms. The second-order valence-electron chi connectivity index (χ2n) is 10.3. The Hall–Kier alpha value is -3.57. The maximum absolute atomic E-state index is 13.1. The molecule has 7 rings (SSSR count). The van der Waals surface area contributed by atoms with Gasteiger partial charge in [0.1, 0.15) is 5.82 Å². The first-order chi connectivity index (χ1) is 17.2. The van der Waals surface area contributed by atoms with Crippen molar-refractivity contribution >= 4 is 22.6 Å². The number of hydrogen-bond donors (Lipinski definition) is 1. The summed E-state index contributed by atoms with van der Waals surface area (Å²) in [5, 5.41) is 4.17. The van der Waals surface area contributed by atoms with E-state index in [2.05, 4.69) is 63.7 Å². The smallest absolute Gasteiger partial charge is 0.237 e. The van der Waals surface area contributed by atoms with Gasteiger partial charge >= 0.3 is 0 Å². The molecule has 2 unspecified atom stereocenters. The summed E-state index contributed by atoms with van der Waals surface area (Å²) in [5.74, 6) is 0.780. The van der Waals surface area contributed by atoms with Gasteiger partial charge in [0.05, 0.1) is 10.9 Å². The molecular weight excluding hydrogens is 432 g/mol. The van der Waals surface area contributed by atoms with Gasteiger partial charge in [-0.15, -0.1) is 0 Å². The zero-order valence-electron chi connectivity index (χ0n) is 19.7. The number of pyridine rings is 2. The third kappa shape index (κ3) is 3.37. The third-order valence-electron chi connectivity index (χ3n) is 8.22. The topological polar surface area (TPSA) is 58.1 Å². The molecule has 2 aromatic carbocycles. The first-order valence-corrected chi connectivity index (χ1v) is 12.7. The van der Waals surface area contributed by atoms with Crippen LogP contribution in [0.1, 0.15) is 53.1 Å². The highest BCUT2D eigenvalue weighted by Crippen LogP contribution is 2.47. The number of aromatic nitrogens is 2. The predicted molar refractivity (Wildman–Crippen MR) is 137 cm³/mol. The van der Waals surface area contributed by atoms with Crippen molar-refractivity contribution in [3.8, 4) is 0 Å². The van der Waals surface area contributed by atoms with Crippen LogP contribution < -0.4 is 5.32 Å². The van der Waals surface area contributed by atoms with E-state index in [9.17, 15) is 4.79 Å². The summed E-state index contributed by atoms with van der Waals surface area (Å²) < 4.78 is 0. The van der Waals surface area contributed by atoms with Crippen molar-refractivity contribution in [2.24, 2.45) is 0 Å². The van der Waals surface area contributed by atoms with Crippen molar-refractivity contribution in [3.05, 3.63) is 101 Å². The van der Waals surface area contributed by atoms with Crippen molar-refractivity contribution in [1.29, 1.82) is 0 Å². The van der Waals surface area contributed by atoms with Crippen molar-refractivity contribution in [3.63, 3.8) is 0 Å². The number of rotatable bonds is 3. The summed E-state index contributed by atoms with van der Waals surface area (Å²) in [7, 11) is 0. The number of likely N-dealkylation sites (tertiary alicyclic amines) is 1. The van der Waals surface area contributed by atoms with Crippen LogP contribution in [0.3, 0.4) is 0 Å². The summed E-state index contributed by atoms with van der Waals surface area (Å²) >= 11 is 0. The Morgan fingerprint density at radius 2 is 1.83 bits per heavy atom. The molecule has 1 saturated heterocycles. The van der Waals surface area contributed by atoms with Gasteiger partial charge in [-0.25, -0.2) is 4.98 Å². The highest BCUT2D eigenvalue weighted by Gasteiger charge is 2.51. The van der Waals surface area contributed by atoms with Gasteiger partial charge in [0.15, 0.2) is 0 Å². The lowest BCUT2D eigenvalue weighted by molar-refractivity contribution is -0.120. The Morgan fingerprint density at radius 3 is 2.71 bits per heavy atom.